The molecule has 0 saturated heterocycles. The molecule has 6 heteroatoms. The normalized spacial score (nSPS) is 11.8. The average molecular weight is 410 g/mol. The van der Waals surface area contributed by atoms with E-state index in [1.165, 1.54) is 16.0 Å². The number of ether oxygens (including phenoxy) is 2. The van der Waals surface area contributed by atoms with Gasteiger partial charge in [0.1, 0.15) is 25.4 Å². The largest absolute Gasteiger partial charge is 0.497 e. The minimum absolute atomic E-state index is 0.224. The summed E-state index contributed by atoms with van der Waals surface area (Å²) in [6.45, 7) is 3.27. The SMILES string of the molecule is COCCNC(=O)c1ccc(C[NH+](Cc2ccccc2)Cc2ccc(OC)cc2)o1. The predicted molar refractivity (Wildman–Crippen MR) is 114 cm³/mol. The second-order valence-electron chi connectivity index (χ2n) is 7.13. The number of carbonyl (C=O) groups excluding carboxylic acids is 1. The van der Waals surface area contributed by atoms with Crippen LogP contribution in [-0.2, 0) is 24.4 Å². The summed E-state index contributed by atoms with van der Waals surface area (Å²) in [5, 5.41) is 2.78. The van der Waals surface area contributed by atoms with Gasteiger partial charge in [-0.25, -0.2) is 0 Å². The molecule has 1 aromatic heterocycles. The summed E-state index contributed by atoms with van der Waals surface area (Å²) < 4.78 is 16.0. The van der Waals surface area contributed by atoms with Gasteiger partial charge in [-0.2, -0.15) is 0 Å². The molecule has 0 spiro atoms. The lowest BCUT2D eigenvalue weighted by molar-refractivity contribution is -0.942. The molecule has 2 N–H and O–H groups in total. The molecule has 158 valence electrons. The summed E-state index contributed by atoms with van der Waals surface area (Å²) in [4.78, 5) is 13.5. The van der Waals surface area contributed by atoms with Crippen LogP contribution < -0.4 is 15.0 Å². The molecule has 1 heterocycles. The van der Waals surface area contributed by atoms with E-state index in [0.29, 0.717) is 25.5 Å². The second-order valence-corrected chi connectivity index (χ2v) is 7.13. The summed E-state index contributed by atoms with van der Waals surface area (Å²) in [6.07, 6.45) is 0. The Morgan fingerprint density at radius 3 is 2.27 bits per heavy atom. The van der Waals surface area contributed by atoms with E-state index in [1.807, 2.05) is 24.3 Å². The van der Waals surface area contributed by atoms with Gasteiger partial charge in [-0.1, -0.05) is 30.3 Å². The molecule has 1 amide bonds. The van der Waals surface area contributed by atoms with Crippen molar-refractivity contribution in [3.63, 3.8) is 0 Å². The van der Waals surface area contributed by atoms with E-state index in [1.54, 1.807) is 20.3 Å². The van der Waals surface area contributed by atoms with Crippen molar-refractivity contribution in [1.82, 2.24) is 5.32 Å². The van der Waals surface area contributed by atoms with Crippen molar-refractivity contribution in [2.24, 2.45) is 0 Å². The Balaban J connectivity index is 1.69. The van der Waals surface area contributed by atoms with Gasteiger partial charge in [0.2, 0.25) is 0 Å². The van der Waals surface area contributed by atoms with E-state index in [2.05, 4.69) is 41.7 Å². The van der Waals surface area contributed by atoms with Gasteiger partial charge < -0.3 is 24.1 Å². The molecule has 0 saturated carbocycles. The number of rotatable bonds is 11. The zero-order valence-electron chi connectivity index (χ0n) is 17.5. The van der Waals surface area contributed by atoms with Gasteiger partial charge in [0.15, 0.2) is 11.5 Å². The topological polar surface area (TPSA) is 65.1 Å². The van der Waals surface area contributed by atoms with Gasteiger partial charge in [-0.05, 0) is 36.4 Å². The first-order valence-electron chi connectivity index (χ1n) is 10.0. The highest BCUT2D eigenvalue weighted by Gasteiger charge is 2.17. The highest BCUT2D eigenvalue weighted by molar-refractivity contribution is 5.91. The monoisotopic (exact) mass is 409 g/mol. The molecule has 0 radical (unpaired) electrons. The molecule has 1 unspecified atom stereocenters. The molecular formula is C24H29N2O4+. The third-order valence-corrected chi connectivity index (χ3v) is 4.81. The number of methoxy groups -OCH3 is 2. The molecular weight excluding hydrogens is 380 g/mol. The van der Waals surface area contributed by atoms with Crippen LogP contribution in [-0.4, -0.2) is 33.3 Å². The number of nitrogens with one attached hydrogen (secondary N) is 2. The van der Waals surface area contributed by atoms with Crippen molar-refractivity contribution in [3.05, 3.63) is 89.4 Å². The second kappa shape index (κ2) is 11.2. The Kier molecular flexibility index (Phi) is 8.06. The maximum absolute atomic E-state index is 12.2. The molecule has 3 rings (SSSR count). The van der Waals surface area contributed by atoms with Crippen molar-refractivity contribution in [2.75, 3.05) is 27.4 Å². The summed E-state index contributed by atoms with van der Waals surface area (Å²) >= 11 is 0. The van der Waals surface area contributed by atoms with E-state index in [-0.39, 0.29) is 5.91 Å². The molecule has 0 fully saturated rings. The number of amides is 1. The van der Waals surface area contributed by atoms with Crippen molar-refractivity contribution in [1.29, 1.82) is 0 Å². The molecule has 0 aliphatic carbocycles. The molecule has 3 aromatic rings. The Labute approximate surface area is 177 Å². The zero-order chi connectivity index (χ0) is 21.2. The molecule has 0 aliphatic rings. The fourth-order valence-electron chi connectivity index (χ4n) is 3.30. The smallest absolute Gasteiger partial charge is 0.287 e. The van der Waals surface area contributed by atoms with Crippen LogP contribution in [0.15, 0.2) is 71.1 Å². The number of hydrogen-bond donors (Lipinski definition) is 2. The number of furan rings is 1. The zero-order valence-corrected chi connectivity index (χ0v) is 17.5. The number of carbonyl (C=O) groups is 1. The average Bonchev–Trinajstić information content (AvgIpc) is 3.24. The Hall–Kier alpha value is -3.09. The van der Waals surface area contributed by atoms with Crippen molar-refractivity contribution >= 4 is 5.91 Å². The van der Waals surface area contributed by atoms with E-state index >= 15 is 0 Å². The third kappa shape index (κ3) is 6.47. The predicted octanol–water partition coefficient (Wildman–Crippen LogP) is 2.45. The van der Waals surface area contributed by atoms with Crippen molar-refractivity contribution in [2.45, 2.75) is 19.6 Å². The number of quaternary nitrogens is 1. The molecule has 30 heavy (non-hydrogen) atoms. The molecule has 2 aromatic carbocycles. The summed E-state index contributed by atoms with van der Waals surface area (Å²) in [5.74, 6) is 1.73. The van der Waals surface area contributed by atoms with Crippen molar-refractivity contribution < 1.29 is 23.6 Å². The molecule has 1 atom stereocenters. The first kappa shape index (κ1) is 21.6. The fourth-order valence-corrected chi connectivity index (χ4v) is 3.30. The lowest BCUT2D eigenvalue weighted by atomic mass is 10.1. The third-order valence-electron chi connectivity index (χ3n) is 4.81. The van der Waals surface area contributed by atoms with Crippen LogP contribution in [0.4, 0.5) is 0 Å². The minimum atomic E-state index is -0.224. The van der Waals surface area contributed by atoms with Gasteiger partial charge >= 0.3 is 0 Å². The Morgan fingerprint density at radius 1 is 0.900 bits per heavy atom. The maximum atomic E-state index is 12.2. The Morgan fingerprint density at radius 2 is 1.60 bits per heavy atom. The van der Waals surface area contributed by atoms with Gasteiger partial charge in [0.25, 0.3) is 5.91 Å². The first-order chi connectivity index (χ1) is 14.7. The summed E-state index contributed by atoms with van der Waals surface area (Å²) in [6, 6.07) is 22.1. The van der Waals surface area contributed by atoms with E-state index in [9.17, 15) is 4.79 Å². The van der Waals surface area contributed by atoms with E-state index in [4.69, 9.17) is 13.9 Å². The van der Waals surface area contributed by atoms with E-state index in [0.717, 1.165) is 24.6 Å². The quantitative estimate of drug-likeness (QED) is 0.478. The van der Waals surface area contributed by atoms with Gasteiger partial charge in [-0.3, -0.25) is 4.79 Å². The van der Waals surface area contributed by atoms with Crippen LogP contribution in [0.3, 0.4) is 0 Å². The lowest BCUT2D eigenvalue weighted by Crippen LogP contribution is -3.08. The summed E-state index contributed by atoms with van der Waals surface area (Å²) in [7, 11) is 3.27. The molecule has 0 bridgehead atoms. The molecule has 6 nitrogen and oxygen atoms in total. The maximum Gasteiger partial charge on any atom is 0.287 e. The van der Waals surface area contributed by atoms with Crippen LogP contribution >= 0.6 is 0 Å². The van der Waals surface area contributed by atoms with Crippen LogP contribution in [0.2, 0.25) is 0 Å². The van der Waals surface area contributed by atoms with Crippen LogP contribution in [0.5, 0.6) is 5.75 Å². The Bertz CT molecular complexity index is 906. The highest BCUT2D eigenvalue weighted by Crippen LogP contribution is 2.11. The lowest BCUT2D eigenvalue weighted by Gasteiger charge is -2.19. The number of hydrogen-bond acceptors (Lipinski definition) is 4. The van der Waals surface area contributed by atoms with Crippen LogP contribution in [0.1, 0.15) is 27.4 Å². The fraction of sp³-hybridized carbons (Fsp3) is 0.292. The minimum Gasteiger partial charge on any atom is -0.497 e. The van der Waals surface area contributed by atoms with Crippen molar-refractivity contribution in [3.8, 4) is 5.75 Å². The van der Waals surface area contributed by atoms with Crippen LogP contribution in [0, 0.1) is 0 Å². The summed E-state index contributed by atoms with van der Waals surface area (Å²) in [5.41, 5.74) is 2.47. The highest BCUT2D eigenvalue weighted by atomic mass is 16.5. The standard InChI is InChI=1S/C24H28N2O4/c1-28-15-14-25-24(27)23-13-12-22(30-23)18-26(16-19-6-4-3-5-7-19)17-20-8-10-21(29-2)11-9-20/h3-13H,14-18H2,1-2H3,(H,25,27)/p+1. The number of benzene rings is 2. The first-order valence-corrected chi connectivity index (χ1v) is 10.0. The van der Waals surface area contributed by atoms with Gasteiger partial charge in [0.05, 0.1) is 13.7 Å². The molecule has 0 aliphatic heterocycles. The van der Waals surface area contributed by atoms with Gasteiger partial charge in [0, 0.05) is 24.8 Å². The van der Waals surface area contributed by atoms with Crippen LogP contribution in [0.25, 0.3) is 0 Å². The van der Waals surface area contributed by atoms with E-state index < -0.39 is 0 Å². The van der Waals surface area contributed by atoms with Gasteiger partial charge in [-0.15, -0.1) is 0 Å².